The van der Waals surface area contributed by atoms with Crippen molar-refractivity contribution in [3.8, 4) is 0 Å². The van der Waals surface area contributed by atoms with Gasteiger partial charge >= 0.3 is 0 Å². The molecule has 104 valence electrons. The first-order valence-electron chi connectivity index (χ1n) is 6.86. The first kappa shape index (κ1) is 14.3. The topological polar surface area (TPSA) is 33.2 Å². The van der Waals surface area contributed by atoms with Crippen LogP contribution in [0.5, 0.6) is 0 Å². The Morgan fingerprint density at radius 1 is 1.15 bits per heavy atom. The second-order valence-corrected chi connectivity index (χ2v) is 5.14. The number of pyridine rings is 1. The number of rotatable bonds is 5. The molecule has 3 heteroatoms. The number of ketones is 1. The maximum absolute atomic E-state index is 11.8. The average molecular weight is 268 g/mol. The van der Waals surface area contributed by atoms with Crippen LogP contribution in [-0.2, 0) is 6.54 Å². The zero-order chi connectivity index (χ0) is 14.5. The molecule has 0 unspecified atom stereocenters. The summed E-state index contributed by atoms with van der Waals surface area (Å²) in [6.45, 7) is 6.56. The molecule has 0 atom stereocenters. The quantitative estimate of drug-likeness (QED) is 0.775. The summed E-state index contributed by atoms with van der Waals surface area (Å²) in [5.41, 5.74) is 1.89. The third-order valence-corrected chi connectivity index (χ3v) is 3.26. The van der Waals surface area contributed by atoms with Crippen molar-refractivity contribution >= 4 is 11.6 Å². The van der Waals surface area contributed by atoms with Crippen LogP contribution in [0.4, 0.5) is 5.82 Å². The summed E-state index contributed by atoms with van der Waals surface area (Å²) >= 11 is 0. The lowest BCUT2D eigenvalue weighted by Gasteiger charge is -2.29. The van der Waals surface area contributed by atoms with E-state index in [1.807, 2.05) is 24.3 Å². The van der Waals surface area contributed by atoms with Crippen LogP contribution in [-0.4, -0.2) is 16.8 Å². The summed E-state index contributed by atoms with van der Waals surface area (Å²) in [6.07, 6.45) is 1.74. The summed E-state index contributed by atoms with van der Waals surface area (Å²) in [5.74, 6) is 0.811. The molecule has 2 aromatic rings. The Hall–Kier alpha value is -2.16. The number of carbonyl (C=O) groups excluding carboxylic acids is 1. The van der Waals surface area contributed by atoms with Gasteiger partial charge in [0.2, 0.25) is 0 Å². The van der Waals surface area contributed by atoms with Gasteiger partial charge in [-0.25, -0.2) is 4.98 Å². The Morgan fingerprint density at radius 2 is 1.85 bits per heavy atom. The smallest absolute Gasteiger partial charge is 0.163 e. The zero-order valence-electron chi connectivity index (χ0n) is 12.2. The summed E-state index contributed by atoms with van der Waals surface area (Å²) in [4.78, 5) is 18.4. The van der Waals surface area contributed by atoms with E-state index in [1.54, 1.807) is 19.2 Å². The number of anilines is 1. The largest absolute Gasteiger partial charge is 0.349 e. The average Bonchev–Trinajstić information content (AvgIpc) is 2.45. The molecule has 0 radical (unpaired) electrons. The van der Waals surface area contributed by atoms with E-state index < -0.39 is 0 Å². The first-order chi connectivity index (χ1) is 9.59. The van der Waals surface area contributed by atoms with E-state index in [0.29, 0.717) is 5.56 Å². The van der Waals surface area contributed by atoms with E-state index in [-0.39, 0.29) is 11.8 Å². The molecular formula is C17H20N2O. The van der Waals surface area contributed by atoms with E-state index in [4.69, 9.17) is 0 Å². The van der Waals surface area contributed by atoms with E-state index >= 15 is 0 Å². The fraction of sp³-hybridized carbons (Fsp3) is 0.294. The van der Waals surface area contributed by atoms with Crippen LogP contribution in [0.15, 0.2) is 48.7 Å². The summed E-state index contributed by atoms with van der Waals surface area (Å²) in [7, 11) is 0. The van der Waals surface area contributed by atoms with E-state index in [2.05, 4.69) is 35.9 Å². The second-order valence-electron chi connectivity index (χ2n) is 5.14. The highest BCUT2D eigenvalue weighted by Crippen LogP contribution is 2.22. The Labute approximate surface area is 120 Å². The van der Waals surface area contributed by atoms with E-state index in [9.17, 15) is 4.79 Å². The van der Waals surface area contributed by atoms with E-state index in [0.717, 1.165) is 12.4 Å². The lowest BCUT2D eigenvalue weighted by atomic mass is 10.1. The van der Waals surface area contributed by atoms with Gasteiger partial charge in [0.15, 0.2) is 5.78 Å². The highest BCUT2D eigenvalue weighted by Gasteiger charge is 2.18. The van der Waals surface area contributed by atoms with Crippen LogP contribution >= 0.6 is 0 Å². The Balaban J connectivity index is 2.37. The highest BCUT2D eigenvalue weighted by molar-refractivity contribution is 5.98. The van der Waals surface area contributed by atoms with Crippen LogP contribution in [0.25, 0.3) is 0 Å². The first-order valence-corrected chi connectivity index (χ1v) is 6.86. The van der Waals surface area contributed by atoms with Gasteiger partial charge in [-0.15, -0.1) is 0 Å². The molecule has 0 aliphatic carbocycles. The number of Topliss-reactive ketones (excluding diaryl/α,β-unsaturated/α-hetero) is 1. The van der Waals surface area contributed by atoms with Crippen molar-refractivity contribution in [3.05, 3.63) is 59.8 Å². The standard InChI is InChI=1S/C17H20N2O/c1-13(2)19(12-15-8-5-4-6-9-15)17-16(14(3)20)10-7-11-18-17/h4-11,13H,12H2,1-3H3. The third kappa shape index (κ3) is 3.23. The predicted molar refractivity (Wildman–Crippen MR) is 82.0 cm³/mol. The fourth-order valence-electron chi connectivity index (χ4n) is 2.18. The van der Waals surface area contributed by atoms with Crippen LogP contribution < -0.4 is 4.90 Å². The van der Waals surface area contributed by atoms with Crippen molar-refractivity contribution in [1.29, 1.82) is 0 Å². The minimum absolute atomic E-state index is 0.0480. The van der Waals surface area contributed by atoms with Gasteiger partial charge in [0, 0.05) is 18.8 Å². The molecule has 0 aliphatic rings. The monoisotopic (exact) mass is 268 g/mol. The number of benzene rings is 1. The lowest BCUT2D eigenvalue weighted by molar-refractivity contribution is 0.101. The number of aromatic nitrogens is 1. The van der Waals surface area contributed by atoms with Crippen molar-refractivity contribution in [1.82, 2.24) is 4.98 Å². The molecule has 3 nitrogen and oxygen atoms in total. The minimum Gasteiger partial charge on any atom is -0.349 e. The molecule has 0 spiro atoms. The third-order valence-electron chi connectivity index (χ3n) is 3.26. The number of hydrogen-bond acceptors (Lipinski definition) is 3. The number of carbonyl (C=O) groups is 1. The maximum Gasteiger partial charge on any atom is 0.163 e. The van der Waals surface area contributed by atoms with Crippen molar-refractivity contribution in [2.45, 2.75) is 33.4 Å². The van der Waals surface area contributed by atoms with Gasteiger partial charge in [-0.1, -0.05) is 30.3 Å². The van der Waals surface area contributed by atoms with Gasteiger partial charge < -0.3 is 4.90 Å². The number of nitrogens with zero attached hydrogens (tertiary/aromatic N) is 2. The molecular weight excluding hydrogens is 248 g/mol. The molecule has 1 aromatic heterocycles. The zero-order valence-corrected chi connectivity index (χ0v) is 12.2. The molecule has 0 aliphatic heterocycles. The van der Waals surface area contributed by atoms with Crippen LogP contribution in [0, 0.1) is 0 Å². The normalized spacial score (nSPS) is 10.6. The van der Waals surface area contributed by atoms with Crippen molar-refractivity contribution in [2.75, 3.05) is 4.90 Å². The van der Waals surface area contributed by atoms with Crippen molar-refractivity contribution < 1.29 is 4.79 Å². The summed E-state index contributed by atoms with van der Waals surface area (Å²) in [5, 5.41) is 0. The highest BCUT2D eigenvalue weighted by atomic mass is 16.1. The van der Waals surface area contributed by atoms with Crippen LogP contribution in [0.1, 0.15) is 36.7 Å². The van der Waals surface area contributed by atoms with E-state index in [1.165, 1.54) is 5.56 Å². The SMILES string of the molecule is CC(=O)c1cccnc1N(Cc1ccccc1)C(C)C. The predicted octanol–water partition coefficient (Wildman–Crippen LogP) is 3.70. The Kier molecular flexibility index (Phi) is 4.51. The molecule has 0 amide bonds. The second kappa shape index (κ2) is 6.33. The molecule has 20 heavy (non-hydrogen) atoms. The Bertz CT molecular complexity index is 579. The van der Waals surface area contributed by atoms with Gasteiger partial charge in [0.1, 0.15) is 5.82 Å². The minimum atomic E-state index is 0.0480. The van der Waals surface area contributed by atoms with Crippen molar-refractivity contribution in [2.24, 2.45) is 0 Å². The molecule has 0 bridgehead atoms. The fourth-order valence-corrected chi connectivity index (χ4v) is 2.18. The molecule has 0 N–H and O–H groups in total. The Morgan fingerprint density at radius 3 is 2.45 bits per heavy atom. The van der Waals surface area contributed by atoms with Gasteiger partial charge in [0.25, 0.3) is 0 Å². The van der Waals surface area contributed by atoms with Gasteiger partial charge in [-0.05, 0) is 38.5 Å². The molecule has 0 fully saturated rings. The van der Waals surface area contributed by atoms with Gasteiger partial charge in [-0.3, -0.25) is 4.79 Å². The lowest BCUT2D eigenvalue weighted by Crippen LogP contribution is -2.32. The molecule has 2 rings (SSSR count). The van der Waals surface area contributed by atoms with Crippen LogP contribution in [0.2, 0.25) is 0 Å². The molecule has 1 aromatic carbocycles. The molecule has 0 saturated heterocycles. The number of hydrogen-bond donors (Lipinski definition) is 0. The summed E-state index contributed by atoms with van der Waals surface area (Å²) in [6, 6.07) is 14.1. The molecule has 1 heterocycles. The van der Waals surface area contributed by atoms with Gasteiger partial charge in [0.05, 0.1) is 5.56 Å². The van der Waals surface area contributed by atoms with Gasteiger partial charge in [-0.2, -0.15) is 0 Å². The molecule has 0 saturated carbocycles. The maximum atomic E-state index is 11.8. The van der Waals surface area contributed by atoms with Crippen molar-refractivity contribution in [3.63, 3.8) is 0 Å². The van der Waals surface area contributed by atoms with Crippen LogP contribution in [0.3, 0.4) is 0 Å². The summed E-state index contributed by atoms with van der Waals surface area (Å²) < 4.78 is 0.